The molecule has 1 heterocycles. The lowest BCUT2D eigenvalue weighted by Gasteiger charge is -2.09. The zero-order valence-electron chi connectivity index (χ0n) is 6.27. The third-order valence-electron chi connectivity index (χ3n) is 1.27. The van der Waals surface area contributed by atoms with E-state index >= 15 is 0 Å². The maximum atomic E-state index is 9.23. The molecule has 62 valence electrons. The summed E-state index contributed by atoms with van der Waals surface area (Å²) >= 11 is 0. The van der Waals surface area contributed by atoms with Crippen molar-refractivity contribution >= 4 is 0 Å². The number of aromatic nitrogens is 2. The molecule has 0 amide bonds. The second-order valence-electron chi connectivity index (χ2n) is 2.03. The van der Waals surface area contributed by atoms with Crippen LogP contribution in [0.3, 0.4) is 0 Å². The number of hydrogen-bond donors (Lipinski definition) is 2. The Morgan fingerprint density at radius 1 is 1.91 bits per heavy atom. The number of ether oxygens (including phenoxy) is 1. The Hall–Kier alpha value is -1.07. The monoisotopic (exact) mass is 157 g/mol. The normalized spacial score (nSPS) is 13.3. The van der Waals surface area contributed by atoms with E-state index in [1.807, 2.05) is 0 Å². The molecule has 5 heteroatoms. The van der Waals surface area contributed by atoms with Crippen molar-refractivity contribution < 1.29 is 9.84 Å². The molecule has 0 aromatic carbocycles. The van der Waals surface area contributed by atoms with E-state index in [0.29, 0.717) is 12.3 Å². The summed E-state index contributed by atoms with van der Waals surface area (Å²) in [5.74, 6) is 5.39. The summed E-state index contributed by atoms with van der Waals surface area (Å²) < 4.78 is 6.10. The van der Waals surface area contributed by atoms with E-state index in [4.69, 9.17) is 10.6 Å². The number of rotatable bonds is 3. The quantitative estimate of drug-likeness (QED) is 0.463. The first-order valence-corrected chi connectivity index (χ1v) is 3.32. The Labute approximate surface area is 64.4 Å². The van der Waals surface area contributed by atoms with E-state index in [1.165, 1.54) is 17.2 Å². The lowest BCUT2D eigenvalue weighted by molar-refractivity contribution is -0.102. The van der Waals surface area contributed by atoms with E-state index < -0.39 is 6.29 Å². The average Bonchev–Trinajstić information content (AvgIpc) is 2.36. The topological polar surface area (TPSA) is 73.3 Å². The Kier molecular flexibility index (Phi) is 2.45. The molecule has 11 heavy (non-hydrogen) atoms. The number of nitrogens with two attached hydrogens (primary N) is 1. The van der Waals surface area contributed by atoms with Crippen LogP contribution < -0.4 is 5.84 Å². The first-order chi connectivity index (χ1) is 5.25. The summed E-state index contributed by atoms with van der Waals surface area (Å²) in [4.78, 5) is 3.72. The van der Waals surface area contributed by atoms with E-state index in [0.717, 1.165) is 0 Å². The number of aliphatic hydroxyl groups excluding tert-OH is 1. The van der Waals surface area contributed by atoms with Gasteiger partial charge in [-0.3, -0.25) is 0 Å². The summed E-state index contributed by atoms with van der Waals surface area (Å²) in [6.07, 6.45) is 1.88. The maximum Gasteiger partial charge on any atom is 0.200 e. The molecule has 1 unspecified atom stereocenters. The molecule has 0 fully saturated rings. The molecule has 0 saturated heterocycles. The van der Waals surface area contributed by atoms with Gasteiger partial charge in [0.15, 0.2) is 6.29 Å². The SMILES string of the molecule is CCOC(O)c1cncn1N. The highest BCUT2D eigenvalue weighted by atomic mass is 16.6. The summed E-state index contributed by atoms with van der Waals surface area (Å²) in [5, 5.41) is 9.23. The van der Waals surface area contributed by atoms with E-state index in [1.54, 1.807) is 6.92 Å². The fourth-order valence-corrected chi connectivity index (χ4v) is 0.749. The fraction of sp³-hybridized carbons (Fsp3) is 0.500. The van der Waals surface area contributed by atoms with Gasteiger partial charge < -0.3 is 15.7 Å². The van der Waals surface area contributed by atoms with Gasteiger partial charge in [0.25, 0.3) is 0 Å². The van der Waals surface area contributed by atoms with Gasteiger partial charge in [-0.25, -0.2) is 9.66 Å². The maximum absolute atomic E-state index is 9.23. The van der Waals surface area contributed by atoms with Gasteiger partial charge in [-0.2, -0.15) is 0 Å². The molecule has 1 aromatic heterocycles. The van der Waals surface area contributed by atoms with Crippen LogP contribution in [0.15, 0.2) is 12.5 Å². The van der Waals surface area contributed by atoms with Gasteiger partial charge >= 0.3 is 0 Å². The Bertz CT molecular complexity index is 223. The fourth-order valence-electron chi connectivity index (χ4n) is 0.749. The highest BCUT2D eigenvalue weighted by Crippen LogP contribution is 2.10. The minimum atomic E-state index is -0.979. The minimum absolute atomic E-state index is 0.437. The van der Waals surface area contributed by atoms with Crippen molar-refractivity contribution in [1.82, 2.24) is 9.66 Å². The highest BCUT2D eigenvalue weighted by molar-refractivity contribution is 4.99. The van der Waals surface area contributed by atoms with Gasteiger partial charge in [0.05, 0.1) is 6.20 Å². The summed E-state index contributed by atoms with van der Waals surface area (Å²) in [7, 11) is 0. The standard InChI is InChI=1S/C6H11N3O2/c1-2-11-6(10)5-3-8-4-9(5)7/h3-4,6,10H,2,7H2,1H3. The third-order valence-corrected chi connectivity index (χ3v) is 1.27. The molecule has 0 radical (unpaired) electrons. The molecule has 0 aliphatic rings. The van der Waals surface area contributed by atoms with Gasteiger partial charge in [-0.1, -0.05) is 0 Å². The average molecular weight is 157 g/mol. The van der Waals surface area contributed by atoms with Crippen molar-refractivity contribution in [3.63, 3.8) is 0 Å². The molecule has 0 aliphatic heterocycles. The smallest absolute Gasteiger partial charge is 0.200 e. The minimum Gasteiger partial charge on any atom is -0.363 e. The van der Waals surface area contributed by atoms with E-state index in [2.05, 4.69) is 4.98 Å². The van der Waals surface area contributed by atoms with Crippen LogP contribution in [0.4, 0.5) is 0 Å². The van der Waals surface area contributed by atoms with Crippen molar-refractivity contribution in [3.05, 3.63) is 18.2 Å². The van der Waals surface area contributed by atoms with Crippen LogP contribution >= 0.6 is 0 Å². The molecule has 1 atom stereocenters. The Balaban J connectivity index is 2.67. The van der Waals surface area contributed by atoms with E-state index in [-0.39, 0.29) is 0 Å². The van der Waals surface area contributed by atoms with Gasteiger partial charge in [0, 0.05) is 6.61 Å². The molecular weight excluding hydrogens is 146 g/mol. The molecule has 0 bridgehead atoms. The molecule has 1 aromatic rings. The summed E-state index contributed by atoms with van der Waals surface area (Å²) in [6, 6.07) is 0. The van der Waals surface area contributed by atoms with Crippen molar-refractivity contribution in [2.75, 3.05) is 12.4 Å². The predicted octanol–water partition coefficient (Wildman–Crippen LogP) is -0.376. The van der Waals surface area contributed by atoms with Crippen LogP contribution in [0.1, 0.15) is 18.9 Å². The second kappa shape index (κ2) is 3.36. The molecule has 3 N–H and O–H groups in total. The molecular formula is C6H11N3O2. The first-order valence-electron chi connectivity index (χ1n) is 3.32. The number of aliphatic hydroxyl groups is 1. The summed E-state index contributed by atoms with van der Waals surface area (Å²) in [6.45, 7) is 2.23. The number of nitrogens with zero attached hydrogens (tertiary/aromatic N) is 2. The van der Waals surface area contributed by atoms with Gasteiger partial charge in [-0.05, 0) is 6.92 Å². The van der Waals surface area contributed by atoms with Gasteiger partial charge in [0.2, 0.25) is 0 Å². The van der Waals surface area contributed by atoms with E-state index in [9.17, 15) is 5.11 Å². The first kappa shape index (κ1) is 8.03. The van der Waals surface area contributed by atoms with Crippen molar-refractivity contribution in [1.29, 1.82) is 0 Å². The lowest BCUT2D eigenvalue weighted by Crippen LogP contribution is -2.15. The Morgan fingerprint density at radius 3 is 3.09 bits per heavy atom. The molecule has 1 rings (SSSR count). The Morgan fingerprint density at radius 2 is 2.64 bits per heavy atom. The van der Waals surface area contributed by atoms with Crippen molar-refractivity contribution in [2.45, 2.75) is 13.2 Å². The molecule has 0 saturated carbocycles. The second-order valence-corrected chi connectivity index (χ2v) is 2.03. The van der Waals surface area contributed by atoms with Crippen LogP contribution in [0.5, 0.6) is 0 Å². The summed E-state index contributed by atoms with van der Waals surface area (Å²) in [5.41, 5.74) is 0.451. The largest absolute Gasteiger partial charge is 0.363 e. The lowest BCUT2D eigenvalue weighted by atomic mass is 10.5. The van der Waals surface area contributed by atoms with Crippen LogP contribution in [0, 0.1) is 0 Å². The van der Waals surface area contributed by atoms with Crippen molar-refractivity contribution in [2.24, 2.45) is 0 Å². The van der Waals surface area contributed by atoms with Crippen LogP contribution in [-0.4, -0.2) is 21.4 Å². The molecule has 0 spiro atoms. The molecule has 5 nitrogen and oxygen atoms in total. The number of hydrogen-bond acceptors (Lipinski definition) is 4. The number of nitrogen functional groups attached to an aromatic ring is 1. The predicted molar refractivity (Wildman–Crippen MR) is 39.0 cm³/mol. The van der Waals surface area contributed by atoms with Crippen molar-refractivity contribution in [3.8, 4) is 0 Å². The van der Waals surface area contributed by atoms with Crippen LogP contribution in [-0.2, 0) is 4.74 Å². The zero-order chi connectivity index (χ0) is 8.27. The van der Waals surface area contributed by atoms with Gasteiger partial charge in [0.1, 0.15) is 12.0 Å². The van der Waals surface area contributed by atoms with Crippen LogP contribution in [0.25, 0.3) is 0 Å². The van der Waals surface area contributed by atoms with Gasteiger partial charge in [-0.15, -0.1) is 0 Å². The molecule has 0 aliphatic carbocycles. The van der Waals surface area contributed by atoms with Crippen LogP contribution in [0.2, 0.25) is 0 Å². The highest BCUT2D eigenvalue weighted by Gasteiger charge is 2.10. The zero-order valence-corrected chi connectivity index (χ0v) is 6.27. The third kappa shape index (κ3) is 1.69. The number of imidazole rings is 1.